The van der Waals surface area contributed by atoms with Crippen LogP contribution in [0.25, 0.3) is 0 Å². The van der Waals surface area contributed by atoms with Crippen molar-refractivity contribution in [1.29, 1.82) is 0 Å². The van der Waals surface area contributed by atoms with E-state index in [-0.39, 0.29) is 23.6 Å². The molecule has 0 radical (unpaired) electrons. The number of benzene rings is 1. The summed E-state index contributed by atoms with van der Waals surface area (Å²) < 4.78 is 10.4. The maximum Gasteiger partial charge on any atom is 0.428 e. The van der Waals surface area contributed by atoms with E-state index in [0.29, 0.717) is 30.7 Å². The van der Waals surface area contributed by atoms with Gasteiger partial charge in [-0.3, -0.25) is 15.0 Å². The molecule has 0 atom stereocenters. The number of rotatable bonds is 6. The quantitative estimate of drug-likeness (QED) is 0.595. The van der Waals surface area contributed by atoms with Crippen LogP contribution in [0.5, 0.6) is 5.75 Å². The van der Waals surface area contributed by atoms with Gasteiger partial charge in [0.25, 0.3) is 0 Å². The number of ether oxygens (including phenoxy) is 2. The lowest BCUT2D eigenvalue weighted by molar-refractivity contribution is -0.121. The molecule has 7 nitrogen and oxygen atoms in total. The minimum atomic E-state index is -0.642. The Hall–Kier alpha value is -2.83. The molecule has 2 rings (SSSR count). The average molecular weight is 388 g/mol. The lowest BCUT2D eigenvalue weighted by Crippen LogP contribution is -2.44. The van der Waals surface area contributed by atoms with Gasteiger partial charge < -0.3 is 9.47 Å². The molecule has 1 aromatic carbocycles. The molecule has 0 bridgehead atoms. The molecule has 152 valence electrons. The normalized spacial score (nSPS) is 14.5. The van der Waals surface area contributed by atoms with Gasteiger partial charge in [0.15, 0.2) is 11.6 Å². The number of allylic oxidation sites excluding steroid dienone is 2. The fourth-order valence-corrected chi connectivity index (χ4v) is 2.88. The van der Waals surface area contributed by atoms with Crippen LogP contribution in [-0.2, 0) is 20.7 Å². The van der Waals surface area contributed by atoms with E-state index in [0.717, 1.165) is 5.56 Å². The number of hydrogen-bond donors (Lipinski definition) is 1. The summed E-state index contributed by atoms with van der Waals surface area (Å²) in [5.41, 5.74) is 3.63. The molecule has 1 aliphatic rings. The van der Waals surface area contributed by atoms with E-state index in [1.165, 1.54) is 12.1 Å². The molecule has 0 aromatic heterocycles. The first-order chi connectivity index (χ1) is 13.1. The number of Topliss-reactive ketones (excluding diaryl/α,β-unsaturated/α-hetero) is 2. The minimum absolute atomic E-state index is 0.104. The Morgan fingerprint density at radius 2 is 1.79 bits per heavy atom. The topological polar surface area (TPSA) is 84.9 Å². The third kappa shape index (κ3) is 5.84. The standard InChI is InChI=1S/C21H28N2O5/c1-21(2,3)28-20(26)23(4)22-16-7-6-8-17(24)19(16)18(25)13-14-9-11-15(27-5)12-10-14/h9-12,22H,6-8,13H2,1-5H3. The van der Waals surface area contributed by atoms with Gasteiger partial charge in [-0.25, -0.2) is 9.80 Å². The summed E-state index contributed by atoms with van der Waals surface area (Å²) in [6.07, 6.45) is 0.989. The Morgan fingerprint density at radius 1 is 1.14 bits per heavy atom. The van der Waals surface area contributed by atoms with Crippen LogP contribution in [0.15, 0.2) is 35.5 Å². The molecule has 0 spiro atoms. The van der Waals surface area contributed by atoms with Crippen molar-refractivity contribution >= 4 is 17.7 Å². The molecule has 7 heteroatoms. The van der Waals surface area contributed by atoms with E-state index in [1.807, 2.05) is 0 Å². The molecule has 0 saturated heterocycles. The highest BCUT2D eigenvalue weighted by atomic mass is 16.6. The summed E-state index contributed by atoms with van der Waals surface area (Å²) in [6, 6.07) is 7.14. The highest BCUT2D eigenvalue weighted by Gasteiger charge is 2.28. The summed E-state index contributed by atoms with van der Waals surface area (Å²) in [4.78, 5) is 37.5. The van der Waals surface area contributed by atoms with Gasteiger partial charge in [0.2, 0.25) is 0 Å². The number of carbonyl (C=O) groups excluding carboxylic acids is 3. The third-order valence-corrected chi connectivity index (χ3v) is 4.18. The SMILES string of the molecule is COc1ccc(CC(=O)C2=C(NN(C)C(=O)OC(C)(C)C)CCCC2=O)cc1. The van der Waals surface area contributed by atoms with Crippen LogP contribution in [0.2, 0.25) is 0 Å². The van der Waals surface area contributed by atoms with Crippen LogP contribution < -0.4 is 10.2 Å². The van der Waals surface area contributed by atoms with Crippen molar-refractivity contribution < 1.29 is 23.9 Å². The average Bonchev–Trinajstić information content (AvgIpc) is 2.61. The summed E-state index contributed by atoms with van der Waals surface area (Å²) >= 11 is 0. The van der Waals surface area contributed by atoms with Crippen molar-refractivity contribution in [2.24, 2.45) is 0 Å². The van der Waals surface area contributed by atoms with Gasteiger partial charge in [-0.15, -0.1) is 0 Å². The molecule has 0 fully saturated rings. The summed E-state index contributed by atoms with van der Waals surface area (Å²) in [7, 11) is 3.08. The Bertz CT molecular complexity index is 775. The number of carbonyl (C=O) groups is 3. The second-order valence-electron chi connectivity index (χ2n) is 7.73. The van der Waals surface area contributed by atoms with Crippen molar-refractivity contribution in [1.82, 2.24) is 10.4 Å². The number of nitrogens with one attached hydrogen (secondary N) is 1. The molecule has 28 heavy (non-hydrogen) atoms. The van der Waals surface area contributed by atoms with Gasteiger partial charge >= 0.3 is 6.09 Å². The van der Waals surface area contributed by atoms with Crippen LogP contribution in [0.4, 0.5) is 4.79 Å². The Kier molecular flexibility index (Phi) is 6.83. The van der Waals surface area contributed by atoms with E-state index in [2.05, 4.69) is 5.43 Å². The molecule has 1 N–H and O–H groups in total. The number of ketones is 2. The summed E-state index contributed by atoms with van der Waals surface area (Å²) in [5.74, 6) is 0.227. The van der Waals surface area contributed by atoms with E-state index < -0.39 is 11.7 Å². The van der Waals surface area contributed by atoms with Crippen molar-refractivity contribution in [2.75, 3.05) is 14.2 Å². The molecular weight excluding hydrogens is 360 g/mol. The Morgan fingerprint density at radius 3 is 2.36 bits per heavy atom. The van der Waals surface area contributed by atoms with Gasteiger partial charge in [-0.1, -0.05) is 12.1 Å². The van der Waals surface area contributed by atoms with Gasteiger partial charge in [0.05, 0.1) is 12.7 Å². The fourth-order valence-electron chi connectivity index (χ4n) is 2.88. The second kappa shape index (κ2) is 8.91. The van der Waals surface area contributed by atoms with Crippen molar-refractivity contribution in [2.45, 2.75) is 52.1 Å². The molecule has 0 aliphatic heterocycles. The third-order valence-electron chi connectivity index (χ3n) is 4.18. The summed E-state index contributed by atoms with van der Waals surface area (Å²) in [5, 5.41) is 1.17. The molecule has 0 unspecified atom stereocenters. The predicted molar refractivity (Wildman–Crippen MR) is 105 cm³/mol. The molecular formula is C21H28N2O5. The molecule has 1 aliphatic carbocycles. The zero-order valence-electron chi connectivity index (χ0n) is 17.1. The lowest BCUT2D eigenvalue weighted by atomic mass is 9.90. The monoisotopic (exact) mass is 388 g/mol. The molecule has 0 saturated carbocycles. The zero-order chi connectivity index (χ0) is 20.9. The highest BCUT2D eigenvalue weighted by Crippen LogP contribution is 2.23. The van der Waals surface area contributed by atoms with E-state index in [1.54, 1.807) is 52.1 Å². The number of hydrazine groups is 1. The Labute approximate surface area is 165 Å². The van der Waals surface area contributed by atoms with Crippen molar-refractivity contribution in [3.05, 3.63) is 41.1 Å². The first kappa shape index (κ1) is 21.5. The first-order valence-corrected chi connectivity index (χ1v) is 9.26. The van der Waals surface area contributed by atoms with Crippen LogP contribution in [0.1, 0.15) is 45.6 Å². The molecule has 0 heterocycles. The van der Waals surface area contributed by atoms with E-state index >= 15 is 0 Å². The fraction of sp³-hybridized carbons (Fsp3) is 0.476. The van der Waals surface area contributed by atoms with Crippen LogP contribution >= 0.6 is 0 Å². The minimum Gasteiger partial charge on any atom is -0.497 e. The first-order valence-electron chi connectivity index (χ1n) is 9.26. The number of nitrogens with zero attached hydrogens (tertiary/aromatic N) is 1. The molecule has 1 amide bonds. The Balaban J connectivity index is 2.18. The van der Waals surface area contributed by atoms with Gasteiger partial charge in [-0.2, -0.15) is 0 Å². The van der Waals surface area contributed by atoms with E-state index in [9.17, 15) is 14.4 Å². The lowest BCUT2D eigenvalue weighted by Gasteiger charge is -2.28. The summed E-state index contributed by atoms with van der Waals surface area (Å²) in [6.45, 7) is 5.31. The molecule has 1 aromatic rings. The predicted octanol–water partition coefficient (Wildman–Crippen LogP) is 3.19. The highest BCUT2D eigenvalue weighted by molar-refractivity contribution is 6.21. The van der Waals surface area contributed by atoms with Crippen LogP contribution in [0.3, 0.4) is 0 Å². The van der Waals surface area contributed by atoms with Crippen molar-refractivity contribution in [3.63, 3.8) is 0 Å². The van der Waals surface area contributed by atoms with Crippen LogP contribution in [0, 0.1) is 0 Å². The zero-order valence-corrected chi connectivity index (χ0v) is 17.1. The van der Waals surface area contributed by atoms with Crippen LogP contribution in [-0.4, -0.2) is 42.4 Å². The van der Waals surface area contributed by atoms with Gasteiger partial charge in [0.1, 0.15) is 11.4 Å². The maximum atomic E-state index is 12.8. The van der Waals surface area contributed by atoms with Gasteiger partial charge in [-0.05, 0) is 51.3 Å². The van der Waals surface area contributed by atoms with E-state index in [4.69, 9.17) is 9.47 Å². The van der Waals surface area contributed by atoms with Gasteiger partial charge in [0, 0.05) is 25.6 Å². The van der Waals surface area contributed by atoms with Crippen molar-refractivity contribution in [3.8, 4) is 5.75 Å². The smallest absolute Gasteiger partial charge is 0.428 e. The number of hydrogen-bond acceptors (Lipinski definition) is 6. The second-order valence-corrected chi connectivity index (χ2v) is 7.73. The number of amides is 1. The maximum absolute atomic E-state index is 12.8. The largest absolute Gasteiger partial charge is 0.497 e. The number of methoxy groups -OCH3 is 1.